The number of rotatable bonds is 10. The van der Waals surface area contributed by atoms with Crippen molar-refractivity contribution in [2.24, 2.45) is 0 Å². The maximum Gasteiger partial charge on any atom is 0.412 e. The smallest absolute Gasteiger partial charge is 0.412 e. The minimum absolute atomic E-state index is 0.0247. The summed E-state index contributed by atoms with van der Waals surface area (Å²) in [5, 5.41) is 22.9. The van der Waals surface area contributed by atoms with Crippen molar-refractivity contribution in [2.75, 3.05) is 5.32 Å². The molecule has 0 aliphatic rings. The van der Waals surface area contributed by atoms with Crippen LogP contribution in [0.1, 0.15) is 47.8 Å². The molecule has 0 saturated carbocycles. The van der Waals surface area contributed by atoms with Gasteiger partial charge in [0.1, 0.15) is 23.3 Å². The third-order valence-corrected chi connectivity index (χ3v) is 6.98. The summed E-state index contributed by atoms with van der Waals surface area (Å²) in [6.45, 7) is 7.19. The molecule has 0 saturated heterocycles. The number of carboxylic acid groups (broad SMARTS) is 1. The quantitative estimate of drug-likeness (QED) is 0.163. The second-order valence-corrected chi connectivity index (χ2v) is 12.0. The molecule has 5 aromatic rings. The Labute approximate surface area is 273 Å². The number of carbonyl (C=O) groups excluding carboxylic acids is 2. The highest BCUT2D eigenvalue weighted by Gasteiger charge is 2.23. The number of halogens is 2. The third-order valence-electron chi connectivity index (χ3n) is 6.98. The van der Waals surface area contributed by atoms with Crippen LogP contribution in [0, 0.1) is 18.6 Å². The predicted octanol–water partition coefficient (Wildman–Crippen LogP) is 6.01. The molecule has 14 heteroatoms. The van der Waals surface area contributed by atoms with Gasteiger partial charge in [-0.1, -0.05) is 23.4 Å². The van der Waals surface area contributed by atoms with E-state index in [2.05, 4.69) is 25.9 Å². The van der Waals surface area contributed by atoms with Crippen LogP contribution in [0.3, 0.4) is 0 Å². The first-order chi connectivity index (χ1) is 22.7. The van der Waals surface area contributed by atoms with Crippen molar-refractivity contribution in [3.63, 3.8) is 0 Å². The van der Waals surface area contributed by atoms with Gasteiger partial charge in [0, 0.05) is 23.9 Å². The fourth-order valence-electron chi connectivity index (χ4n) is 4.67. The van der Waals surface area contributed by atoms with Gasteiger partial charge in [-0.3, -0.25) is 14.8 Å². The topological polar surface area (TPSA) is 161 Å². The van der Waals surface area contributed by atoms with Gasteiger partial charge in [-0.2, -0.15) is 10.1 Å². The molecular weight excluding hydrogens is 626 g/mol. The first kappa shape index (κ1) is 33.4. The molecule has 0 radical (unpaired) electrons. The van der Waals surface area contributed by atoms with E-state index in [0.29, 0.717) is 22.4 Å². The first-order valence-corrected chi connectivity index (χ1v) is 14.8. The SMILES string of the molecule is Cc1cc(Cn2cc(C(=O)NC(Cc3ccc(-c4noc(-c5ccc(NC(=O)OC(C)(C)C)cc5)n4)c(F)c3)C(=O)O)cn2)ccc1F. The monoisotopic (exact) mass is 658 g/mol. The van der Waals surface area contributed by atoms with Crippen molar-refractivity contribution in [3.8, 4) is 22.8 Å². The Hall–Kier alpha value is -5.92. The number of hydrogen-bond acceptors (Lipinski definition) is 8. The number of carboxylic acids is 1. The number of nitrogens with zero attached hydrogens (tertiary/aromatic N) is 4. The largest absolute Gasteiger partial charge is 0.480 e. The lowest BCUT2D eigenvalue weighted by molar-refractivity contribution is -0.139. The molecule has 0 aliphatic carbocycles. The summed E-state index contributed by atoms with van der Waals surface area (Å²) in [4.78, 5) is 41.1. The van der Waals surface area contributed by atoms with Gasteiger partial charge in [0.15, 0.2) is 0 Å². The average molecular weight is 659 g/mol. The summed E-state index contributed by atoms with van der Waals surface area (Å²) >= 11 is 0. The van der Waals surface area contributed by atoms with Crippen LogP contribution in [0.5, 0.6) is 0 Å². The van der Waals surface area contributed by atoms with Crippen LogP contribution in [0.25, 0.3) is 22.8 Å². The van der Waals surface area contributed by atoms with Crippen molar-refractivity contribution in [1.29, 1.82) is 0 Å². The number of ether oxygens (including phenoxy) is 1. The Morgan fingerprint density at radius 3 is 2.40 bits per heavy atom. The van der Waals surface area contributed by atoms with E-state index < -0.39 is 35.4 Å². The molecule has 0 bridgehead atoms. The number of aryl methyl sites for hydroxylation is 1. The summed E-state index contributed by atoms with van der Waals surface area (Å²) < 4.78 is 40.8. The fourth-order valence-corrected chi connectivity index (χ4v) is 4.67. The summed E-state index contributed by atoms with van der Waals surface area (Å²) in [5.74, 6) is -2.94. The Kier molecular flexibility index (Phi) is 9.63. The zero-order chi connectivity index (χ0) is 34.6. The van der Waals surface area contributed by atoms with Crippen LogP contribution >= 0.6 is 0 Å². The zero-order valence-corrected chi connectivity index (χ0v) is 26.5. The van der Waals surface area contributed by atoms with Gasteiger partial charge in [0.05, 0.1) is 23.9 Å². The van der Waals surface area contributed by atoms with Crippen LogP contribution in [0.4, 0.5) is 19.3 Å². The van der Waals surface area contributed by atoms with E-state index in [-0.39, 0.29) is 41.6 Å². The van der Waals surface area contributed by atoms with Crippen molar-refractivity contribution < 1.29 is 37.5 Å². The Bertz CT molecular complexity index is 1970. The molecule has 1 atom stereocenters. The summed E-state index contributed by atoms with van der Waals surface area (Å²) in [6, 6.07) is 13.8. The van der Waals surface area contributed by atoms with E-state index in [1.54, 1.807) is 64.1 Å². The van der Waals surface area contributed by atoms with Crippen LogP contribution in [0.2, 0.25) is 0 Å². The van der Waals surface area contributed by atoms with Crippen molar-refractivity contribution in [3.05, 3.63) is 107 Å². The van der Waals surface area contributed by atoms with Gasteiger partial charge >= 0.3 is 12.1 Å². The Morgan fingerprint density at radius 2 is 1.73 bits per heavy atom. The zero-order valence-electron chi connectivity index (χ0n) is 26.5. The van der Waals surface area contributed by atoms with Crippen LogP contribution in [-0.2, 0) is 22.5 Å². The molecule has 2 aromatic heterocycles. The molecule has 2 amide bonds. The third kappa shape index (κ3) is 8.46. The second kappa shape index (κ2) is 13.8. The van der Waals surface area contributed by atoms with Crippen molar-refractivity contribution in [2.45, 2.75) is 52.3 Å². The number of benzene rings is 3. The van der Waals surface area contributed by atoms with Crippen LogP contribution < -0.4 is 10.6 Å². The molecule has 48 heavy (non-hydrogen) atoms. The van der Waals surface area contributed by atoms with Gasteiger partial charge in [0.2, 0.25) is 5.82 Å². The molecule has 0 aliphatic heterocycles. The lowest BCUT2D eigenvalue weighted by atomic mass is 10.0. The van der Waals surface area contributed by atoms with E-state index >= 15 is 4.39 Å². The predicted molar refractivity (Wildman–Crippen MR) is 170 cm³/mol. The summed E-state index contributed by atoms with van der Waals surface area (Å²) in [5.41, 5.74) is 2.08. The number of aliphatic carboxylic acids is 1. The molecule has 1 unspecified atom stereocenters. The van der Waals surface area contributed by atoms with Gasteiger partial charge in [-0.05, 0) is 86.8 Å². The number of hydrogen-bond donors (Lipinski definition) is 3. The van der Waals surface area contributed by atoms with E-state index in [1.807, 2.05) is 0 Å². The van der Waals surface area contributed by atoms with Gasteiger partial charge < -0.3 is 19.7 Å². The van der Waals surface area contributed by atoms with E-state index in [9.17, 15) is 23.9 Å². The number of anilines is 1. The number of nitrogens with one attached hydrogen (secondary N) is 2. The summed E-state index contributed by atoms with van der Waals surface area (Å²) in [7, 11) is 0. The fraction of sp³-hybridized carbons (Fsp3) is 0.235. The van der Waals surface area contributed by atoms with Gasteiger partial charge in [0.25, 0.3) is 11.8 Å². The molecule has 3 N–H and O–H groups in total. The van der Waals surface area contributed by atoms with E-state index in [4.69, 9.17) is 9.26 Å². The molecular formula is C34H32F2N6O6. The highest BCUT2D eigenvalue weighted by atomic mass is 19.1. The second-order valence-electron chi connectivity index (χ2n) is 12.0. The van der Waals surface area contributed by atoms with Crippen molar-refractivity contribution >= 4 is 23.7 Å². The normalized spacial score (nSPS) is 12.0. The minimum atomic E-state index is -1.37. The maximum absolute atomic E-state index is 15.2. The molecule has 0 spiro atoms. The molecule has 0 fully saturated rings. The van der Waals surface area contributed by atoms with Gasteiger partial charge in [-0.15, -0.1) is 0 Å². The molecule has 12 nitrogen and oxygen atoms in total. The Balaban J connectivity index is 1.21. The molecule has 3 aromatic carbocycles. The average Bonchev–Trinajstić information content (AvgIpc) is 3.69. The lowest BCUT2D eigenvalue weighted by Crippen LogP contribution is -2.42. The number of amides is 2. The highest BCUT2D eigenvalue weighted by Crippen LogP contribution is 2.26. The first-order valence-electron chi connectivity index (χ1n) is 14.8. The van der Waals surface area contributed by atoms with E-state index in [0.717, 1.165) is 11.6 Å². The molecule has 2 heterocycles. The Morgan fingerprint density at radius 1 is 1.00 bits per heavy atom. The standard InChI is InChI=1S/C34H32F2N6O6/c1-19-13-21(6-12-26(19)35)17-42-18-23(16-37-42)30(43)39-28(32(44)45)15-20-5-11-25(27(36)14-20)29-40-31(48-41-29)22-7-9-24(10-8-22)38-33(46)47-34(2,3)4/h5-14,16,18,28H,15,17H2,1-4H3,(H,38,46)(H,39,43)(H,44,45). The number of carbonyl (C=O) groups is 3. The highest BCUT2D eigenvalue weighted by molar-refractivity contribution is 5.96. The summed E-state index contributed by atoms with van der Waals surface area (Å²) in [6.07, 6.45) is 1.94. The molecule has 5 rings (SSSR count). The van der Waals surface area contributed by atoms with Gasteiger partial charge in [-0.25, -0.2) is 18.4 Å². The lowest BCUT2D eigenvalue weighted by Gasteiger charge is -2.19. The van der Waals surface area contributed by atoms with E-state index in [1.165, 1.54) is 35.3 Å². The van der Waals surface area contributed by atoms with Crippen LogP contribution in [-0.4, -0.2) is 54.6 Å². The molecule has 248 valence electrons. The van der Waals surface area contributed by atoms with Crippen molar-refractivity contribution in [1.82, 2.24) is 25.2 Å². The van der Waals surface area contributed by atoms with Crippen LogP contribution in [0.15, 0.2) is 77.6 Å². The minimum Gasteiger partial charge on any atom is -0.480 e. The number of aromatic nitrogens is 4. The maximum atomic E-state index is 15.2.